The van der Waals surface area contributed by atoms with Gasteiger partial charge >= 0.3 is 5.97 Å². The van der Waals surface area contributed by atoms with E-state index >= 15 is 0 Å². The maximum atomic E-state index is 12.1. The summed E-state index contributed by atoms with van der Waals surface area (Å²) in [6.45, 7) is 6.75. The molecule has 1 N–H and O–H groups in total. The van der Waals surface area contributed by atoms with Crippen LogP contribution in [0.4, 0.5) is 0 Å². The van der Waals surface area contributed by atoms with Crippen molar-refractivity contribution in [2.24, 2.45) is 5.41 Å². The third kappa shape index (κ3) is 5.34. The molecule has 0 aliphatic heterocycles. The Labute approximate surface area is 226 Å². The second kappa shape index (κ2) is 10.8. The van der Waals surface area contributed by atoms with Crippen molar-refractivity contribution >= 4 is 28.2 Å². The molecule has 0 amide bonds. The smallest absolute Gasteiger partial charge is 0.309 e. The van der Waals surface area contributed by atoms with Gasteiger partial charge in [-0.3, -0.25) is 9.78 Å². The molecule has 0 radical (unpaired) electrons. The van der Waals surface area contributed by atoms with Gasteiger partial charge in [-0.2, -0.15) is 0 Å². The van der Waals surface area contributed by atoms with Crippen LogP contribution in [-0.4, -0.2) is 25.6 Å². The first-order valence-corrected chi connectivity index (χ1v) is 13.6. The minimum atomic E-state index is -0.900. The van der Waals surface area contributed by atoms with Crippen molar-refractivity contribution in [3.05, 3.63) is 101 Å². The topological polar surface area (TPSA) is 77.2 Å². The Bertz CT molecular complexity index is 1540. The van der Waals surface area contributed by atoms with Crippen molar-refractivity contribution in [1.29, 1.82) is 0 Å². The molecule has 7 heteroatoms. The number of ether oxygens (including phenoxy) is 1. The molecule has 0 aliphatic carbocycles. The van der Waals surface area contributed by atoms with Crippen LogP contribution in [0.5, 0.6) is 5.75 Å². The lowest BCUT2D eigenvalue weighted by molar-refractivity contribution is -0.146. The summed E-state index contributed by atoms with van der Waals surface area (Å²) >= 11 is 1.62. The minimum absolute atomic E-state index is 0.388. The third-order valence-electron chi connectivity index (χ3n) is 6.89. The summed E-state index contributed by atoms with van der Waals surface area (Å²) in [5.74, 6) is -0.0320. The van der Waals surface area contributed by atoms with Gasteiger partial charge in [-0.15, -0.1) is 11.3 Å². The van der Waals surface area contributed by atoms with E-state index in [-0.39, 0.29) is 0 Å². The van der Waals surface area contributed by atoms with Crippen molar-refractivity contribution in [2.45, 2.75) is 46.8 Å². The van der Waals surface area contributed by atoms with E-state index in [1.54, 1.807) is 31.4 Å². The Kier molecular flexibility index (Phi) is 7.29. The van der Waals surface area contributed by atoms with E-state index in [4.69, 9.17) is 4.74 Å². The van der Waals surface area contributed by atoms with Gasteiger partial charge < -0.3 is 14.4 Å². The Hall–Kier alpha value is -3.97. The lowest BCUT2D eigenvalue weighted by Gasteiger charge is -2.22. The van der Waals surface area contributed by atoms with Crippen LogP contribution in [0, 0.1) is 5.41 Å². The van der Waals surface area contributed by atoms with Crippen LogP contribution in [0.3, 0.4) is 0 Å². The van der Waals surface area contributed by atoms with E-state index in [1.807, 2.05) is 35.8 Å². The zero-order valence-corrected chi connectivity index (χ0v) is 22.7. The highest BCUT2D eigenvalue weighted by atomic mass is 32.1. The number of hydrogen-bond acceptors (Lipinski definition) is 5. The number of fused-ring (bicyclic) bond motifs is 1. The van der Waals surface area contributed by atoms with E-state index in [0.29, 0.717) is 19.6 Å². The number of thiazole rings is 1. The molecule has 194 valence electrons. The SMILES string of the molecule is CCc1c(CC(C)(C)C(=O)O)n(Cc2ccc(-c3nccs3)cc2)c2ccc(OCc3ccccn3)cc12. The van der Waals surface area contributed by atoms with Gasteiger partial charge in [0.15, 0.2) is 0 Å². The second-order valence-corrected chi connectivity index (χ2v) is 10.9. The molecule has 3 aromatic heterocycles. The Morgan fingerprint density at radius 1 is 1.05 bits per heavy atom. The van der Waals surface area contributed by atoms with Crippen LogP contribution in [-0.2, 0) is 30.8 Å². The predicted molar refractivity (Wildman–Crippen MR) is 152 cm³/mol. The van der Waals surface area contributed by atoms with E-state index in [0.717, 1.165) is 56.2 Å². The second-order valence-electron chi connectivity index (χ2n) is 10.1. The fraction of sp³-hybridized carbons (Fsp3) is 0.258. The molecule has 5 aromatic rings. The van der Waals surface area contributed by atoms with Crippen molar-refractivity contribution in [3.63, 3.8) is 0 Å². The molecule has 0 unspecified atom stereocenters. The molecular weight excluding hydrogens is 494 g/mol. The summed E-state index contributed by atoms with van der Waals surface area (Å²) in [5.41, 5.74) is 5.51. The normalized spacial score (nSPS) is 11.7. The highest BCUT2D eigenvalue weighted by Crippen LogP contribution is 2.35. The number of rotatable bonds is 10. The number of nitrogens with zero attached hydrogens (tertiary/aromatic N) is 3. The number of pyridine rings is 1. The summed E-state index contributed by atoms with van der Waals surface area (Å²) in [6.07, 6.45) is 4.80. The Morgan fingerprint density at radius 2 is 1.87 bits per heavy atom. The molecule has 0 aliphatic rings. The molecule has 0 saturated heterocycles. The zero-order chi connectivity index (χ0) is 26.7. The van der Waals surface area contributed by atoms with Crippen LogP contribution in [0.2, 0.25) is 0 Å². The molecular formula is C31H31N3O3S. The maximum Gasteiger partial charge on any atom is 0.309 e. The highest BCUT2D eigenvalue weighted by molar-refractivity contribution is 7.13. The molecule has 6 nitrogen and oxygen atoms in total. The largest absolute Gasteiger partial charge is 0.487 e. The van der Waals surface area contributed by atoms with Gasteiger partial charge in [0.2, 0.25) is 0 Å². The number of aryl methyl sites for hydroxylation is 1. The quantitative estimate of drug-likeness (QED) is 0.212. The van der Waals surface area contributed by atoms with E-state index in [9.17, 15) is 9.90 Å². The summed E-state index contributed by atoms with van der Waals surface area (Å²) in [6, 6.07) is 20.4. The fourth-order valence-corrected chi connectivity index (χ4v) is 5.40. The average molecular weight is 526 g/mol. The molecule has 38 heavy (non-hydrogen) atoms. The summed E-state index contributed by atoms with van der Waals surface area (Å²) in [7, 11) is 0. The van der Waals surface area contributed by atoms with E-state index in [2.05, 4.69) is 57.9 Å². The van der Waals surface area contributed by atoms with Crippen LogP contribution < -0.4 is 4.74 Å². The summed E-state index contributed by atoms with van der Waals surface area (Å²) < 4.78 is 8.36. The van der Waals surface area contributed by atoms with Crippen molar-refractivity contribution in [3.8, 4) is 16.3 Å². The molecule has 0 bridgehead atoms. The fourth-order valence-electron chi connectivity index (χ4n) is 4.76. The van der Waals surface area contributed by atoms with Gasteiger partial charge in [-0.05, 0) is 61.7 Å². The zero-order valence-electron chi connectivity index (χ0n) is 21.8. The maximum absolute atomic E-state index is 12.1. The number of hydrogen-bond donors (Lipinski definition) is 1. The molecule has 2 aromatic carbocycles. The van der Waals surface area contributed by atoms with Crippen molar-refractivity contribution in [1.82, 2.24) is 14.5 Å². The number of carboxylic acid groups (broad SMARTS) is 1. The highest BCUT2D eigenvalue weighted by Gasteiger charge is 2.31. The molecule has 3 heterocycles. The average Bonchev–Trinajstić information content (AvgIpc) is 3.55. The first-order valence-electron chi connectivity index (χ1n) is 12.7. The molecule has 0 saturated carbocycles. The number of benzene rings is 2. The van der Waals surface area contributed by atoms with Crippen LogP contribution >= 0.6 is 11.3 Å². The van der Waals surface area contributed by atoms with Gasteiger partial charge in [-0.25, -0.2) is 4.98 Å². The number of aromatic nitrogens is 3. The Balaban J connectivity index is 1.53. The van der Waals surface area contributed by atoms with Crippen LogP contribution in [0.15, 0.2) is 78.4 Å². The predicted octanol–water partition coefficient (Wildman–Crippen LogP) is 7.00. The van der Waals surface area contributed by atoms with Crippen molar-refractivity contribution in [2.75, 3.05) is 0 Å². The monoisotopic (exact) mass is 525 g/mol. The van der Waals surface area contributed by atoms with Crippen LogP contribution in [0.1, 0.15) is 43.3 Å². The number of aliphatic carboxylic acids is 1. The standard InChI is InChI=1S/C31H31N3O3S/c1-4-25-26-17-24(37-20-23-7-5-6-14-32-23)12-13-27(26)34(28(25)18-31(2,3)30(35)36)19-21-8-10-22(11-9-21)29-33-15-16-38-29/h5-17H,4,18-20H2,1-3H3,(H,35,36). The molecule has 0 spiro atoms. The van der Waals surface area contributed by atoms with Gasteiger partial charge in [-0.1, -0.05) is 37.3 Å². The van der Waals surface area contributed by atoms with Gasteiger partial charge in [0.1, 0.15) is 17.4 Å². The minimum Gasteiger partial charge on any atom is -0.487 e. The molecule has 5 rings (SSSR count). The summed E-state index contributed by atoms with van der Waals surface area (Å²) in [4.78, 5) is 20.9. The van der Waals surface area contributed by atoms with Crippen LogP contribution in [0.25, 0.3) is 21.5 Å². The first kappa shape index (κ1) is 25.7. The molecule has 0 fully saturated rings. The lowest BCUT2D eigenvalue weighted by Crippen LogP contribution is -2.28. The lowest BCUT2D eigenvalue weighted by atomic mass is 9.86. The third-order valence-corrected chi connectivity index (χ3v) is 7.71. The number of carbonyl (C=O) groups is 1. The Morgan fingerprint density at radius 3 is 2.53 bits per heavy atom. The van der Waals surface area contributed by atoms with Gasteiger partial charge in [0, 0.05) is 52.9 Å². The van der Waals surface area contributed by atoms with Gasteiger partial charge in [0.25, 0.3) is 0 Å². The van der Waals surface area contributed by atoms with Gasteiger partial charge in [0.05, 0.1) is 11.1 Å². The van der Waals surface area contributed by atoms with E-state index in [1.165, 1.54) is 0 Å². The molecule has 0 atom stereocenters. The van der Waals surface area contributed by atoms with Crippen molar-refractivity contribution < 1.29 is 14.6 Å². The summed E-state index contributed by atoms with van der Waals surface area (Å²) in [5, 5.41) is 14.0. The van der Waals surface area contributed by atoms with E-state index < -0.39 is 11.4 Å². The first-order chi connectivity index (χ1) is 18.4. The number of carboxylic acids is 1.